The Bertz CT molecular complexity index is 667. The molecule has 2 amide bonds. The van der Waals surface area contributed by atoms with E-state index in [0.717, 1.165) is 10.9 Å². The van der Waals surface area contributed by atoms with Crippen molar-refractivity contribution < 1.29 is 9.59 Å². The summed E-state index contributed by atoms with van der Waals surface area (Å²) in [6.45, 7) is 5.18. The molecule has 0 aliphatic heterocycles. The Morgan fingerprint density at radius 3 is 2.57 bits per heavy atom. The van der Waals surface area contributed by atoms with E-state index in [-0.39, 0.29) is 17.7 Å². The number of anilines is 1. The average Bonchev–Trinajstić information content (AvgIpc) is 2.44. The Kier molecular flexibility index (Phi) is 4.52. The lowest BCUT2D eigenvalue weighted by Gasteiger charge is -2.20. The third-order valence-corrected chi connectivity index (χ3v) is 3.17. The summed E-state index contributed by atoms with van der Waals surface area (Å²) in [7, 11) is 0. The molecule has 0 aliphatic carbocycles. The normalized spacial score (nSPS) is 12.2. The van der Waals surface area contributed by atoms with Gasteiger partial charge in [-0.25, -0.2) is 0 Å². The van der Waals surface area contributed by atoms with Crippen LogP contribution in [0.25, 0.3) is 10.9 Å². The van der Waals surface area contributed by atoms with Gasteiger partial charge in [0, 0.05) is 12.3 Å². The van der Waals surface area contributed by atoms with Gasteiger partial charge in [-0.05, 0) is 18.1 Å². The van der Waals surface area contributed by atoms with Gasteiger partial charge in [-0.15, -0.1) is 0 Å². The monoisotopic (exact) mass is 285 g/mol. The van der Waals surface area contributed by atoms with Crippen LogP contribution in [-0.4, -0.2) is 22.8 Å². The van der Waals surface area contributed by atoms with Crippen molar-refractivity contribution in [2.75, 3.05) is 5.32 Å². The maximum absolute atomic E-state index is 12.3. The third-order valence-electron chi connectivity index (χ3n) is 3.17. The van der Waals surface area contributed by atoms with Crippen LogP contribution in [0.4, 0.5) is 5.69 Å². The number of nitrogens with zero attached hydrogens (tertiary/aromatic N) is 1. The lowest BCUT2D eigenvalue weighted by molar-refractivity contribution is -0.126. The zero-order chi connectivity index (χ0) is 15.4. The highest BCUT2D eigenvalue weighted by Gasteiger charge is 2.23. The second-order valence-electron chi connectivity index (χ2n) is 5.33. The third kappa shape index (κ3) is 3.78. The number of amides is 2. The molecule has 1 aromatic heterocycles. The van der Waals surface area contributed by atoms with Gasteiger partial charge in [-0.1, -0.05) is 32.0 Å². The van der Waals surface area contributed by atoms with Crippen molar-refractivity contribution in [3.63, 3.8) is 0 Å². The number of hydrogen-bond acceptors (Lipinski definition) is 3. The van der Waals surface area contributed by atoms with Crippen LogP contribution in [0.3, 0.4) is 0 Å². The molecule has 5 nitrogen and oxygen atoms in total. The van der Waals surface area contributed by atoms with E-state index < -0.39 is 6.04 Å². The number of carbonyl (C=O) groups excluding carboxylic acids is 2. The average molecular weight is 285 g/mol. The standard InChI is InChI=1S/C16H19N3O2/c1-10(2)15(18-11(3)20)16(21)19-13-8-12-6-4-5-7-14(12)17-9-13/h4-10,15H,1-3H3,(H,18,20)(H,19,21)/t15-/m1/s1. The first kappa shape index (κ1) is 15.0. The summed E-state index contributed by atoms with van der Waals surface area (Å²) in [6, 6.07) is 8.99. The van der Waals surface area contributed by atoms with Crippen LogP contribution in [0.1, 0.15) is 20.8 Å². The summed E-state index contributed by atoms with van der Waals surface area (Å²) in [5, 5.41) is 6.42. The first-order valence-corrected chi connectivity index (χ1v) is 6.90. The van der Waals surface area contributed by atoms with Gasteiger partial charge in [-0.3, -0.25) is 14.6 Å². The number of benzene rings is 1. The van der Waals surface area contributed by atoms with Gasteiger partial charge in [0.15, 0.2) is 0 Å². The molecule has 5 heteroatoms. The minimum absolute atomic E-state index is 0.00214. The number of fused-ring (bicyclic) bond motifs is 1. The summed E-state index contributed by atoms with van der Waals surface area (Å²) in [5.41, 5.74) is 1.49. The lowest BCUT2D eigenvalue weighted by atomic mass is 10.0. The summed E-state index contributed by atoms with van der Waals surface area (Å²) < 4.78 is 0. The number of aromatic nitrogens is 1. The Hall–Kier alpha value is -2.43. The molecule has 0 bridgehead atoms. The van der Waals surface area contributed by atoms with Crippen LogP contribution in [0.2, 0.25) is 0 Å². The fraction of sp³-hybridized carbons (Fsp3) is 0.312. The largest absolute Gasteiger partial charge is 0.344 e. The number of hydrogen-bond donors (Lipinski definition) is 2. The fourth-order valence-corrected chi connectivity index (χ4v) is 2.11. The molecule has 0 spiro atoms. The second-order valence-corrected chi connectivity index (χ2v) is 5.33. The van der Waals surface area contributed by atoms with E-state index in [1.807, 2.05) is 44.2 Å². The molecule has 2 rings (SSSR count). The molecule has 1 aromatic carbocycles. The van der Waals surface area contributed by atoms with Crippen molar-refractivity contribution in [2.45, 2.75) is 26.8 Å². The summed E-state index contributed by atoms with van der Waals surface area (Å²) in [4.78, 5) is 27.8. The molecular weight excluding hydrogens is 266 g/mol. The molecule has 0 aliphatic rings. The number of carbonyl (C=O) groups is 2. The van der Waals surface area contributed by atoms with Crippen molar-refractivity contribution in [3.05, 3.63) is 36.5 Å². The Labute approximate surface area is 123 Å². The van der Waals surface area contributed by atoms with Gasteiger partial charge in [0.1, 0.15) is 6.04 Å². The van der Waals surface area contributed by atoms with Gasteiger partial charge in [0.2, 0.25) is 11.8 Å². The first-order valence-electron chi connectivity index (χ1n) is 6.90. The molecule has 0 unspecified atom stereocenters. The number of pyridine rings is 1. The van der Waals surface area contributed by atoms with Crippen molar-refractivity contribution in [1.29, 1.82) is 0 Å². The molecule has 1 atom stereocenters. The van der Waals surface area contributed by atoms with Crippen molar-refractivity contribution >= 4 is 28.4 Å². The highest BCUT2D eigenvalue weighted by Crippen LogP contribution is 2.16. The minimum Gasteiger partial charge on any atom is -0.344 e. The SMILES string of the molecule is CC(=O)N[C@@H](C(=O)Nc1cnc2ccccc2c1)C(C)C. The Morgan fingerprint density at radius 1 is 1.19 bits per heavy atom. The maximum Gasteiger partial charge on any atom is 0.247 e. The highest BCUT2D eigenvalue weighted by molar-refractivity contribution is 5.98. The van der Waals surface area contributed by atoms with Gasteiger partial charge in [-0.2, -0.15) is 0 Å². The van der Waals surface area contributed by atoms with Gasteiger partial charge in [0.05, 0.1) is 17.4 Å². The van der Waals surface area contributed by atoms with E-state index in [4.69, 9.17) is 0 Å². The second kappa shape index (κ2) is 6.35. The molecule has 2 aromatic rings. The van der Waals surface area contributed by atoms with Crippen LogP contribution in [-0.2, 0) is 9.59 Å². The van der Waals surface area contributed by atoms with Crippen LogP contribution in [0.5, 0.6) is 0 Å². The maximum atomic E-state index is 12.3. The summed E-state index contributed by atoms with van der Waals surface area (Å²) >= 11 is 0. The van der Waals surface area contributed by atoms with Gasteiger partial charge < -0.3 is 10.6 Å². The molecule has 0 radical (unpaired) electrons. The van der Waals surface area contributed by atoms with E-state index in [1.54, 1.807) is 6.20 Å². The van der Waals surface area contributed by atoms with Crippen LogP contribution < -0.4 is 10.6 Å². The predicted molar refractivity (Wildman–Crippen MR) is 82.8 cm³/mol. The molecule has 0 saturated heterocycles. The van der Waals surface area contributed by atoms with Gasteiger partial charge in [0.25, 0.3) is 0 Å². The number of para-hydroxylation sites is 1. The Morgan fingerprint density at radius 2 is 1.90 bits per heavy atom. The topological polar surface area (TPSA) is 71.1 Å². The first-order chi connectivity index (χ1) is 9.97. The highest BCUT2D eigenvalue weighted by atomic mass is 16.2. The van der Waals surface area contributed by atoms with Crippen molar-refractivity contribution in [1.82, 2.24) is 10.3 Å². The van der Waals surface area contributed by atoms with E-state index in [9.17, 15) is 9.59 Å². The van der Waals surface area contributed by atoms with Crippen molar-refractivity contribution in [2.24, 2.45) is 5.92 Å². The summed E-state index contributed by atoms with van der Waals surface area (Å²) in [5.74, 6) is -0.458. The van der Waals surface area contributed by atoms with E-state index in [0.29, 0.717) is 5.69 Å². The number of rotatable bonds is 4. The van der Waals surface area contributed by atoms with Crippen LogP contribution >= 0.6 is 0 Å². The molecule has 21 heavy (non-hydrogen) atoms. The van der Waals surface area contributed by atoms with Crippen LogP contribution in [0.15, 0.2) is 36.5 Å². The predicted octanol–water partition coefficient (Wildman–Crippen LogP) is 2.33. The zero-order valence-electron chi connectivity index (χ0n) is 12.4. The quantitative estimate of drug-likeness (QED) is 0.905. The van der Waals surface area contributed by atoms with E-state index >= 15 is 0 Å². The smallest absolute Gasteiger partial charge is 0.247 e. The zero-order valence-corrected chi connectivity index (χ0v) is 12.4. The number of nitrogens with one attached hydrogen (secondary N) is 2. The van der Waals surface area contributed by atoms with Crippen molar-refractivity contribution in [3.8, 4) is 0 Å². The molecule has 0 saturated carbocycles. The fourth-order valence-electron chi connectivity index (χ4n) is 2.11. The lowest BCUT2D eigenvalue weighted by Crippen LogP contribution is -2.46. The van der Waals surface area contributed by atoms with Gasteiger partial charge >= 0.3 is 0 Å². The molecule has 1 heterocycles. The van der Waals surface area contributed by atoms with E-state index in [1.165, 1.54) is 6.92 Å². The Balaban J connectivity index is 2.17. The summed E-state index contributed by atoms with van der Waals surface area (Å²) in [6.07, 6.45) is 1.62. The minimum atomic E-state index is -0.561. The molecule has 110 valence electrons. The molecule has 2 N–H and O–H groups in total. The molecular formula is C16H19N3O2. The molecule has 0 fully saturated rings. The van der Waals surface area contributed by atoms with E-state index in [2.05, 4.69) is 15.6 Å². The van der Waals surface area contributed by atoms with Crippen LogP contribution in [0, 0.1) is 5.92 Å².